The van der Waals surface area contributed by atoms with Crippen LogP contribution in [0.5, 0.6) is 0 Å². The summed E-state index contributed by atoms with van der Waals surface area (Å²) in [6, 6.07) is 12.6. The molecule has 0 saturated heterocycles. The van der Waals surface area contributed by atoms with E-state index >= 15 is 0 Å². The molecule has 0 aliphatic carbocycles. The molecule has 4 nitrogen and oxygen atoms in total. The molecule has 0 aromatic heterocycles. The van der Waals surface area contributed by atoms with Crippen LogP contribution in [0, 0.1) is 13.8 Å². The molecule has 0 saturated carbocycles. The number of aryl methyl sites for hydroxylation is 2. The van der Waals surface area contributed by atoms with Gasteiger partial charge in [-0.05, 0) is 61.4 Å². The van der Waals surface area contributed by atoms with Gasteiger partial charge in [0.2, 0.25) is 11.8 Å². The molecule has 120 valence electrons. The fourth-order valence-corrected chi connectivity index (χ4v) is 2.49. The third-order valence-electron chi connectivity index (χ3n) is 3.33. The van der Waals surface area contributed by atoms with E-state index in [2.05, 4.69) is 5.32 Å². The Bertz CT molecular complexity index is 706. The van der Waals surface area contributed by atoms with Crippen LogP contribution in [0.2, 0.25) is 5.02 Å². The van der Waals surface area contributed by atoms with Crippen LogP contribution in [0.4, 0.5) is 11.4 Å². The number of anilines is 2. The first-order valence-corrected chi connectivity index (χ1v) is 7.65. The lowest BCUT2D eigenvalue weighted by atomic mass is 10.1. The summed E-state index contributed by atoms with van der Waals surface area (Å²) in [7, 11) is 0. The molecule has 0 heterocycles. The molecule has 0 radical (unpaired) electrons. The Hall–Kier alpha value is -2.33. The third kappa shape index (κ3) is 4.83. The number of benzene rings is 2. The SMILES string of the molecule is CC(=O)N(CC(=O)Nc1ccc(Cl)cc1)c1cc(C)cc(C)c1. The number of hydrogen-bond acceptors (Lipinski definition) is 2. The average molecular weight is 331 g/mol. The van der Waals surface area contributed by atoms with Crippen LogP contribution in [-0.4, -0.2) is 18.4 Å². The van der Waals surface area contributed by atoms with Crippen LogP contribution in [0.25, 0.3) is 0 Å². The molecule has 1 N–H and O–H groups in total. The van der Waals surface area contributed by atoms with E-state index in [0.29, 0.717) is 10.7 Å². The number of hydrogen-bond donors (Lipinski definition) is 1. The highest BCUT2D eigenvalue weighted by Gasteiger charge is 2.16. The Morgan fingerprint density at radius 3 is 2.13 bits per heavy atom. The van der Waals surface area contributed by atoms with Gasteiger partial charge in [-0.15, -0.1) is 0 Å². The van der Waals surface area contributed by atoms with Crippen LogP contribution in [-0.2, 0) is 9.59 Å². The number of nitrogens with zero attached hydrogens (tertiary/aromatic N) is 1. The van der Waals surface area contributed by atoms with Gasteiger partial charge in [0, 0.05) is 23.3 Å². The molecule has 0 unspecified atom stereocenters. The van der Waals surface area contributed by atoms with Crippen molar-refractivity contribution in [2.75, 3.05) is 16.8 Å². The maximum atomic E-state index is 12.2. The van der Waals surface area contributed by atoms with Crippen molar-refractivity contribution in [3.8, 4) is 0 Å². The summed E-state index contributed by atoms with van der Waals surface area (Å²) >= 11 is 5.82. The minimum absolute atomic E-state index is 0.0408. The summed E-state index contributed by atoms with van der Waals surface area (Å²) in [6.07, 6.45) is 0. The van der Waals surface area contributed by atoms with E-state index in [1.165, 1.54) is 11.8 Å². The lowest BCUT2D eigenvalue weighted by molar-refractivity contribution is -0.120. The molecule has 2 amide bonds. The van der Waals surface area contributed by atoms with Gasteiger partial charge in [0.15, 0.2) is 0 Å². The maximum Gasteiger partial charge on any atom is 0.244 e. The summed E-state index contributed by atoms with van der Waals surface area (Å²) in [4.78, 5) is 25.6. The van der Waals surface area contributed by atoms with Gasteiger partial charge in [0.1, 0.15) is 6.54 Å². The van der Waals surface area contributed by atoms with E-state index in [0.717, 1.165) is 16.8 Å². The van der Waals surface area contributed by atoms with E-state index in [1.807, 2.05) is 32.0 Å². The van der Waals surface area contributed by atoms with Crippen molar-refractivity contribution in [3.63, 3.8) is 0 Å². The Kier molecular flexibility index (Phi) is 5.40. The summed E-state index contributed by atoms with van der Waals surface area (Å²) in [5.41, 5.74) is 3.46. The van der Waals surface area contributed by atoms with Gasteiger partial charge in [-0.3, -0.25) is 9.59 Å². The highest BCUT2D eigenvalue weighted by molar-refractivity contribution is 6.30. The minimum atomic E-state index is -0.262. The van der Waals surface area contributed by atoms with Crippen LogP contribution >= 0.6 is 11.6 Å². The van der Waals surface area contributed by atoms with E-state index < -0.39 is 0 Å². The topological polar surface area (TPSA) is 49.4 Å². The molecule has 0 fully saturated rings. The number of halogens is 1. The zero-order valence-corrected chi connectivity index (χ0v) is 14.1. The Balaban J connectivity index is 2.14. The van der Waals surface area contributed by atoms with Gasteiger partial charge < -0.3 is 10.2 Å². The second kappa shape index (κ2) is 7.29. The van der Waals surface area contributed by atoms with Crippen molar-refractivity contribution in [1.82, 2.24) is 0 Å². The fraction of sp³-hybridized carbons (Fsp3) is 0.222. The lowest BCUT2D eigenvalue weighted by Gasteiger charge is -2.21. The van der Waals surface area contributed by atoms with E-state index in [-0.39, 0.29) is 18.4 Å². The predicted molar refractivity (Wildman–Crippen MR) is 94.0 cm³/mol. The van der Waals surface area contributed by atoms with Crippen molar-refractivity contribution in [1.29, 1.82) is 0 Å². The number of nitrogens with one attached hydrogen (secondary N) is 1. The Labute approximate surface area is 141 Å². The van der Waals surface area contributed by atoms with E-state index in [4.69, 9.17) is 11.6 Å². The summed E-state index contributed by atoms with van der Waals surface area (Å²) in [5, 5.41) is 3.36. The molecular formula is C18H19ClN2O2. The average Bonchev–Trinajstić information content (AvgIpc) is 2.46. The van der Waals surface area contributed by atoms with Crippen molar-refractivity contribution in [3.05, 3.63) is 58.6 Å². The normalized spacial score (nSPS) is 10.3. The number of carbonyl (C=O) groups is 2. The zero-order valence-electron chi connectivity index (χ0n) is 13.4. The first kappa shape index (κ1) is 17.0. The van der Waals surface area contributed by atoms with Crippen molar-refractivity contribution >= 4 is 34.8 Å². The molecule has 5 heteroatoms. The van der Waals surface area contributed by atoms with Gasteiger partial charge in [0.25, 0.3) is 0 Å². The number of amides is 2. The van der Waals surface area contributed by atoms with Crippen LogP contribution < -0.4 is 10.2 Å². The maximum absolute atomic E-state index is 12.2. The molecule has 0 aliphatic rings. The van der Waals surface area contributed by atoms with Gasteiger partial charge in [-0.2, -0.15) is 0 Å². The molecule has 0 atom stereocenters. The second-order valence-corrected chi connectivity index (χ2v) is 5.94. The molecule has 0 spiro atoms. The molecule has 2 aromatic rings. The molecule has 0 bridgehead atoms. The molecule has 0 aliphatic heterocycles. The smallest absolute Gasteiger partial charge is 0.244 e. The lowest BCUT2D eigenvalue weighted by Crippen LogP contribution is -2.36. The predicted octanol–water partition coefficient (Wildman–Crippen LogP) is 3.95. The highest BCUT2D eigenvalue weighted by Crippen LogP contribution is 2.19. The van der Waals surface area contributed by atoms with Gasteiger partial charge in [-0.25, -0.2) is 0 Å². The Morgan fingerprint density at radius 1 is 1.04 bits per heavy atom. The largest absolute Gasteiger partial charge is 0.325 e. The van der Waals surface area contributed by atoms with E-state index in [9.17, 15) is 9.59 Å². The second-order valence-electron chi connectivity index (χ2n) is 5.51. The summed E-state index contributed by atoms with van der Waals surface area (Å²) in [5.74, 6) is -0.442. The van der Waals surface area contributed by atoms with Gasteiger partial charge in [-0.1, -0.05) is 17.7 Å². The standard InChI is InChI=1S/C18H19ClN2O2/c1-12-8-13(2)10-17(9-12)21(14(3)22)11-18(23)20-16-6-4-15(19)5-7-16/h4-10H,11H2,1-3H3,(H,20,23). The Morgan fingerprint density at radius 2 is 1.61 bits per heavy atom. The van der Waals surface area contributed by atoms with E-state index in [1.54, 1.807) is 24.3 Å². The molecular weight excluding hydrogens is 312 g/mol. The molecule has 2 aromatic carbocycles. The third-order valence-corrected chi connectivity index (χ3v) is 3.58. The van der Waals surface area contributed by atoms with Crippen LogP contribution in [0.15, 0.2) is 42.5 Å². The van der Waals surface area contributed by atoms with Gasteiger partial charge >= 0.3 is 0 Å². The van der Waals surface area contributed by atoms with Crippen molar-refractivity contribution < 1.29 is 9.59 Å². The van der Waals surface area contributed by atoms with Gasteiger partial charge in [0.05, 0.1) is 0 Å². The number of carbonyl (C=O) groups excluding carboxylic acids is 2. The van der Waals surface area contributed by atoms with Crippen LogP contribution in [0.3, 0.4) is 0 Å². The summed E-state index contributed by atoms with van der Waals surface area (Å²) in [6.45, 7) is 5.33. The summed E-state index contributed by atoms with van der Waals surface area (Å²) < 4.78 is 0. The zero-order chi connectivity index (χ0) is 17.0. The van der Waals surface area contributed by atoms with Crippen molar-refractivity contribution in [2.24, 2.45) is 0 Å². The fourth-order valence-electron chi connectivity index (χ4n) is 2.37. The molecule has 2 rings (SSSR count). The first-order chi connectivity index (χ1) is 10.8. The monoisotopic (exact) mass is 330 g/mol. The van der Waals surface area contributed by atoms with Crippen LogP contribution in [0.1, 0.15) is 18.1 Å². The molecule has 23 heavy (non-hydrogen) atoms. The number of rotatable bonds is 4. The van der Waals surface area contributed by atoms with Crippen molar-refractivity contribution in [2.45, 2.75) is 20.8 Å². The highest BCUT2D eigenvalue weighted by atomic mass is 35.5. The minimum Gasteiger partial charge on any atom is -0.325 e. The quantitative estimate of drug-likeness (QED) is 0.922. The first-order valence-electron chi connectivity index (χ1n) is 7.27.